The molecule has 0 N–H and O–H groups in total. The number of hydrogen-bond acceptors (Lipinski definition) is 4. The molecule has 5 nitrogen and oxygen atoms in total. The molecule has 5 heteroatoms. The predicted octanol–water partition coefficient (Wildman–Crippen LogP) is 1.96. The van der Waals surface area contributed by atoms with E-state index in [9.17, 15) is 9.59 Å². The van der Waals surface area contributed by atoms with E-state index < -0.39 is 12.1 Å². The molecule has 0 aliphatic carbocycles. The van der Waals surface area contributed by atoms with Gasteiger partial charge in [0.2, 0.25) is 0 Å². The Morgan fingerprint density at radius 3 is 2.42 bits per heavy atom. The van der Waals surface area contributed by atoms with E-state index in [4.69, 9.17) is 9.47 Å². The second kappa shape index (κ2) is 6.78. The summed E-state index contributed by atoms with van der Waals surface area (Å²) in [5, 5.41) is 0. The zero-order valence-corrected chi connectivity index (χ0v) is 10.7. The van der Waals surface area contributed by atoms with Crippen molar-refractivity contribution in [3.63, 3.8) is 0 Å². The number of ether oxygens (including phenoxy) is 2. The Labute approximate surface area is 112 Å². The van der Waals surface area contributed by atoms with Crippen molar-refractivity contribution in [2.45, 2.75) is 19.4 Å². The summed E-state index contributed by atoms with van der Waals surface area (Å²) in [5.74, 6) is -0.531. The summed E-state index contributed by atoms with van der Waals surface area (Å²) in [5.41, 5.74) is 0.904. The van der Waals surface area contributed by atoms with E-state index >= 15 is 0 Å². The first kappa shape index (κ1) is 13.4. The molecule has 1 fully saturated rings. The van der Waals surface area contributed by atoms with Crippen LogP contribution in [0.1, 0.15) is 18.4 Å². The zero-order valence-electron chi connectivity index (χ0n) is 10.7. The van der Waals surface area contributed by atoms with Gasteiger partial charge in [0.15, 0.2) is 6.61 Å². The number of carbonyl (C=O) groups excluding carboxylic acids is 2. The molecule has 0 saturated carbocycles. The minimum Gasteiger partial charge on any atom is -0.458 e. The number of rotatable bonds is 4. The van der Waals surface area contributed by atoms with Crippen molar-refractivity contribution in [3.05, 3.63) is 35.9 Å². The summed E-state index contributed by atoms with van der Waals surface area (Å²) in [6.07, 6.45) is 1.55. The van der Waals surface area contributed by atoms with E-state index in [1.807, 2.05) is 30.3 Å². The first-order valence-corrected chi connectivity index (χ1v) is 6.37. The highest BCUT2D eigenvalue weighted by atomic mass is 16.6. The molecule has 0 unspecified atom stereocenters. The summed E-state index contributed by atoms with van der Waals surface area (Å²) in [4.78, 5) is 24.5. The third-order valence-corrected chi connectivity index (χ3v) is 2.92. The topological polar surface area (TPSA) is 55.8 Å². The minimum atomic E-state index is -0.531. The van der Waals surface area contributed by atoms with Crippen LogP contribution in [0.25, 0.3) is 0 Å². The van der Waals surface area contributed by atoms with Crippen LogP contribution in [0.5, 0.6) is 0 Å². The van der Waals surface area contributed by atoms with Crippen LogP contribution in [0.15, 0.2) is 30.3 Å². The summed E-state index contributed by atoms with van der Waals surface area (Å²) < 4.78 is 9.90. The van der Waals surface area contributed by atoms with Gasteiger partial charge in [-0.25, -0.2) is 9.59 Å². The molecule has 2 rings (SSSR count). The number of benzene rings is 1. The second-order valence-electron chi connectivity index (χ2n) is 4.40. The summed E-state index contributed by atoms with van der Waals surface area (Å²) in [6.45, 7) is 1.28. The highest BCUT2D eigenvalue weighted by molar-refractivity contribution is 5.75. The summed E-state index contributed by atoms with van der Waals surface area (Å²) in [6, 6.07) is 9.36. The van der Waals surface area contributed by atoms with Crippen LogP contribution in [0.3, 0.4) is 0 Å². The van der Waals surface area contributed by atoms with E-state index in [-0.39, 0.29) is 13.2 Å². The van der Waals surface area contributed by atoms with Gasteiger partial charge in [0.1, 0.15) is 6.61 Å². The van der Waals surface area contributed by atoms with Crippen LogP contribution in [-0.4, -0.2) is 36.7 Å². The molecule has 0 atom stereocenters. The smallest absolute Gasteiger partial charge is 0.410 e. The monoisotopic (exact) mass is 263 g/mol. The first-order chi connectivity index (χ1) is 9.25. The molecule has 1 saturated heterocycles. The maximum Gasteiger partial charge on any atom is 0.410 e. The third-order valence-electron chi connectivity index (χ3n) is 2.92. The molecule has 0 spiro atoms. The second-order valence-corrected chi connectivity index (χ2v) is 4.40. The molecule has 1 amide bonds. The number of nitrogens with zero attached hydrogens (tertiary/aromatic N) is 1. The van der Waals surface area contributed by atoms with Crippen LogP contribution in [0, 0.1) is 0 Å². The van der Waals surface area contributed by atoms with Crippen LogP contribution in [0.2, 0.25) is 0 Å². The molecular formula is C14H17NO4. The molecule has 1 aromatic rings. The lowest BCUT2D eigenvalue weighted by molar-refractivity contribution is -0.148. The fourth-order valence-electron chi connectivity index (χ4n) is 1.89. The van der Waals surface area contributed by atoms with Crippen molar-refractivity contribution in [2.24, 2.45) is 0 Å². The Morgan fingerprint density at radius 1 is 1.05 bits per heavy atom. The Bertz CT molecular complexity index is 426. The van der Waals surface area contributed by atoms with E-state index in [2.05, 4.69) is 0 Å². The van der Waals surface area contributed by atoms with Gasteiger partial charge in [0, 0.05) is 13.1 Å². The molecule has 102 valence electrons. The Balaban J connectivity index is 1.65. The summed E-state index contributed by atoms with van der Waals surface area (Å²) >= 11 is 0. The van der Waals surface area contributed by atoms with Gasteiger partial charge in [-0.05, 0) is 18.4 Å². The molecule has 1 aromatic carbocycles. The van der Waals surface area contributed by atoms with Crippen molar-refractivity contribution in [2.75, 3.05) is 19.7 Å². The SMILES string of the molecule is O=C(COC(=O)N1CCCC1)OCc1ccccc1. The zero-order chi connectivity index (χ0) is 13.5. The normalized spacial score (nSPS) is 14.2. The van der Waals surface area contributed by atoms with Gasteiger partial charge in [-0.15, -0.1) is 0 Å². The van der Waals surface area contributed by atoms with Crippen molar-refractivity contribution in [3.8, 4) is 0 Å². The molecule has 1 aliphatic rings. The average molecular weight is 263 g/mol. The molecule has 0 bridgehead atoms. The Kier molecular flexibility index (Phi) is 4.78. The third kappa shape index (κ3) is 4.28. The predicted molar refractivity (Wildman–Crippen MR) is 68.4 cm³/mol. The Hall–Kier alpha value is -2.04. The van der Waals surface area contributed by atoms with Gasteiger partial charge in [-0.3, -0.25) is 0 Å². The van der Waals surface area contributed by atoms with Gasteiger partial charge in [0.05, 0.1) is 0 Å². The van der Waals surface area contributed by atoms with Crippen LogP contribution >= 0.6 is 0 Å². The van der Waals surface area contributed by atoms with Gasteiger partial charge in [-0.1, -0.05) is 30.3 Å². The molecule has 1 heterocycles. The molecule has 19 heavy (non-hydrogen) atoms. The quantitative estimate of drug-likeness (QED) is 0.779. The van der Waals surface area contributed by atoms with Crippen LogP contribution in [-0.2, 0) is 20.9 Å². The lowest BCUT2D eigenvalue weighted by Gasteiger charge is -2.14. The van der Waals surface area contributed by atoms with E-state index in [1.165, 1.54) is 0 Å². The van der Waals surface area contributed by atoms with Crippen molar-refractivity contribution >= 4 is 12.1 Å². The lowest BCUT2D eigenvalue weighted by Crippen LogP contribution is -2.30. The van der Waals surface area contributed by atoms with Crippen LogP contribution in [0.4, 0.5) is 4.79 Å². The molecule has 0 aromatic heterocycles. The van der Waals surface area contributed by atoms with Crippen molar-refractivity contribution < 1.29 is 19.1 Å². The van der Waals surface area contributed by atoms with E-state index in [0.717, 1.165) is 18.4 Å². The van der Waals surface area contributed by atoms with E-state index in [1.54, 1.807) is 4.90 Å². The van der Waals surface area contributed by atoms with Crippen molar-refractivity contribution in [1.29, 1.82) is 0 Å². The van der Waals surface area contributed by atoms with Gasteiger partial charge in [-0.2, -0.15) is 0 Å². The minimum absolute atomic E-state index is 0.195. The van der Waals surface area contributed by atoms with Crippen molar-refractivity contribution in [1.82, 2.24) is 4.90 Å². The average Bonchev–Trinajstić information content (AvgIpc) is 2.98. The fraction of sp³-hybridized carbons (Fsp3) is 0.429. The number of esters is 1. The fourth-order valence-corrected chi connectivity index (χ4v) is 1.89. The molecule has 0 radical (unpaired) electrons. The van der Waals surface area contributed by atoms with Gasteiger partial charge < -0.3 is 14.4 Å². The number of amides is 1. The number of hydrogen-bond donors (Lipinski definition) is 0. The highest BCUT2D eigenvalue weighted by Crippen LogP contribution is 2.08. The van der Waals surface area contributed by atoms with E-state index in [0.29, 0.717) is 13.1 Å². The first-order valence-electron chi connectivity index (χ1n) is 6.37. The van der Waals surface area contributed by atoms with Gasteiger partial charge >= 0.3 is 12.1 Å². The highest BCUT2D eigenvalue weighted by Gasteiger charge is 2.20. The standard InChI is InChI=1S/C14H17NO4/c16-13(18-10-12-6-2-1-3-7-12)11-19-14(17)15-8-4-5-9-15/h1-3,6-7H,4-5,8-11H2. The lowest BCUT2D eigenvalue weighted by atomic mass is 10.2. The number of likely N-dealkylation sites (tertiary alicyclic amines) is 1. The van der Waals surface area contributed by atoms with Crippen LogP contribution < -0.4 is 0 Å². The molecular weight excluding hydrogens is 246 g/mol. The maximum atomic E-state index is 11.5. The Morgan fingerprint density at radius 2 is 1.74 bits per heavy atom. The summed E-state index contributed by atoms with van der Waals surface area (Å²) in [7, 11) is 0. The van der Waals surface area contributed by atoms with Gasteiger partial charge in [0.25, 0.3) is 0 Å². The molecule has 1 aliphatic heterocycles. The maximum absolute atomic E-state index is 11.5. The largest absolute Gasteiger partial charge is 0.458 e. The number of carbonyl (C=O) groups is 2.